The number of ether oxygens (including phenoxy) is 3. The number of nitrogens with two attached hydrogens (primary N) is 1. The van der Waals surface area contributed by atoms with Gasteiger partial charge in [-0.2, -0.15) is 5.10 Å². The number of hydrogen-bond donors (Lipinski definition) is 3. The molecule has 2 aromatic rings. The zero-order chi connectivity index (χ0) is 25.5. The molecule has 35 heavy (non-hydrogen) atoms. The van der Waals surface area contributed by atoms with Crippen LogP contribution < -0.4 is 25.9 Å². The Labute approximate surface area is 205 Å². The minimum absolute atomic E-state index is 0.203. The van der Waals surface area contributed by atoms with Crippen LogP contribution in [0.15, 0.2) is 23.3 Å². The SMILES string of the molecule is CCOC(=O)c1c(NC(=O)C(=O)N/N=C(\C)c2ccc(OCC(N)=O)c(OC)c2)sc2c1CCC2. The van der Waals surface area contributed by atoms with Gasteiger partial charge in [-0.15, -0.1) is 11.3 Å². The van der Waals surface area contributed by atoms with Crippen LogP contribution in [0, 0.1) is 0 Å². The largest absolute Gasteiger partial charge is 0.493 e. The molecule has 0 radical (unpaired) electrons. The molecule has 1 aromatic heterocycles. The normalized spacial score (nSPS) is 12.5. The Morgan fingerprint density at radius 2 is 1.91 bits per heavy atom. The summed E-state index contributed by atoms with van der Waals surface area (Å²) in [5.74, 6) is -2.46. The number of nitrogens with one attached hydrogen (secondary N) is 2. The summed E-state index contributed by atoms with van der Waals surface area (Å²) >= 11 is 1.28. The predicted octanol–water partition coefficient (Wildman–Crippen LogP) is 1.77. The number of esters is 1. The number of carbonyl (C=O) groups excluding carboxylic acids is 4. The average molecular weight is 503 g/mol. The lowest BCUT2D eigenvalue weighted by atomic mass is 10.1. The highest BCUT2D eigenvalue weighted by atomic mass is 32.1. The monoisotopic (exact) mass is 502 g/mol. The molecule has 0 atom stereocenters. The molecular formula is C23H26N4O7S. The highest BCUT2D eigenvalue weighted by molar-refractivity contribution is 7.17. The summed E-state index contributed by atoms with van der Waals surface area (Å²) in [6.07, 6.45) is 2.47. The van der Waals surface area contributed by atoms with Crippen LogP contribution in [0.2, 0.25) is 0 Å². The van der Waals surface area contributed by atoms with E-state index in [0.717, 1.165) is 29.7 Å². The second-order valence-electron chi connectivity index (χ2n) is 7.49. The number of anilines is 1. The summed E-state index contributed by atoms with van der Waals surface area (Å²) in [6, 6.07) is 4.81. The van der Waals surface area contributed by atoms with Crippen LogP contribution >= 0.6 is 11.3 Å². The molecule has 1 aromatic carbocycles. The minimum atomic E-state index is -0.999. The van der Waals surface area contributed by atoms with Crippen LogP contribution in [0.1, 0.15) is 46.6 Å². The zero-order valence-corrected chi connectivity index (χ0v) is 20.4. The number of benzene rings is 1. The molecule has 0 spiro atoms. The van der Waals surface area contributed by atoms with Gasteiger partial charge >= 0.3 is 17.8 Å². The van der Waals surface area contributed by atoms with Gasteiger partial charge in [0.1, 0.15) is 5.00 Å². The summed E-state index contributed by atoms with van der Waals surface area (Å²) in [6.45, 7) is 3.22. The topological polar surface area (TPSA) is 158 Å². The molecule has 0 unspecified atom stereocenters. The second kappa shape index (κ2) is 11.5. The standard InChI is InChI=1S/C23H26N4O7S/c1-4-33-23(31)19-14-6-5-7-17(14)35-22(19)25-20(29)21(30)27-26-12(2)13-8-9-15(16(10-13)32-3)34-11-18(24)28/h8-10H,4-7,11H2,1-3H3,(H2,24,28)(H,25,29)(H,27,30)/b26-12+. The number of aryl methyl sites for hydroxylation is 1. The maximum atomic E-state index is 12.5. The number of nitrogens with zero attached hydrogens (tertiary/aromatic N) is 1. The number of hydrogen-bond acceptors (Lipinski definition) is 9. The predicted molar refractivity (Wildman–Crippen MR) is 129 cm³/mol. The van der Waals surface area contributed by atoms with Crippen molar-refractivity contribution in [2.75, 3.05) is 25.6 Å². The van der Waals surface area contributed by atoms with Crippen molar-refractivity contribution in [1.29, 1.82) is 0 Å². The van der Waals surface area contributed by atoms with Crippen molar-refractivity contribution in [2.45, 2.75) is 33.1 Å². The van der Waals surface area contributed by atoms with Crippen LogP contribution in [0.5, 0.6) is 11.5 Å². The fourth-order valence-corrected chi connectivity index (χ4v) is 4.75. The molecule has 186 valence electrons. The highest BCUT2D eigenvalue weighted by Crippen LogP contribution is 2.39. The molecule has 3 rings (SSSR count). The maximum Gasteiger partial charge on any atom is 0.341 e. The van der Waals surface area contributed by atoms with E-state index in [2.05, 4.69) is 15.8 Å². The van der Waals surface area contributed by atoms with Crippen molar-refractivity contribution in [3.8, 4) is 11.5 Å². The second-order valence-corrected chi connectivity index (χ2v) is 8.60. The van der Waals surface area contributed by atoms with E-state index in [1.165, 1.54) is 18.4 Å². The molecule has 11 nitrogen and oxygen atoms in total. The van der Waals surface area contributed by atoms with Gasteiger partial charge in [-0.3, -0.25) is 14.4 Å². The highest BCUT2D eigenvalue weighted by Gasteiger charge is 2.29. The number of rotatable bonds is 9. The first-order valence-corrected chi connectivity index (χ1v) is 11.6. The molecule has 1 heterocycles. The van der Waals surface area contributed by atoms with Gasteiger partial charge < -0.3 is 25.3 Å². The Balaban J connectivity index is 1.68. The van der Waals surface area contributed by atoms with Crippen molar-refractivity contribution in [3.63, 3.8) is 0 Å². The molecule has 4 N–H and O–H groups in total. The molecule has 0 saturated carbocycles. The Morgan fingerprint density at radius 1 is 1.14 bits per heavy atom. The summed E-state index contributed by atoms with van der Waals surface area (Å²) in [5, 5.41) is 6.78. The van der Waals surface area contributed by atoms with Gasteiger partial charge in [0.2, 0.25) is 0 Å². The van der Waals surface area contributed by atoms with Gasteiger partial charge in [0.15, 0.2) is 18.1 Å². The first-order chi connectivity index (χ1) is 16.7. The van der Waals surface area contributed by atoms with Crippen molar-refractivity contribution in [2.24, 2.45) is 10.8 Å². The molecule has 0 fully saturated rings. The molecule has 0 saturated heterocycles. The molecule has 1 aliphatic rings. The van der Waals surface area contributed by atoms with E-state index < -0.39 is 23.7 Å². The molecule has 1 aliphatic carbocycles. The van der Waals surface area contributed by atoms with Crippen LogP contribution in [-0.2, 0) is 32.0 Å². The number of hydrazone groups is 1. The summed E-state index contributed by atoms with van der Waals surface area (Å²) in [5.41, 5.74) is 9.44. The lowest BCUT2D eigenvalue weighted by Gasteiger charge is -2.11. The third-order valence-corrected chi connectivity index (χ3v) is 6.32. The zero-order valence-electron chi connectivity index (χ0n) is 19.6. The minimum Gasteiger partial charge on any atom is -0.493 e. The molecular weight excluding hydrogens is 476 g/mol. The van der Waals surface area contributed by atoms with Crippen LogP contribution in [-0.4, -0.2) is 49.7 Å². The van der Waals surface area contributed by atoms with Gasteiger partial charge in [0.05, 0.1) is 25.0 Å². The van der Waals surface area contributed by atoms with Crippen LogP contribution in [0.4, 0.5) is 5.00 Å². The Hall–Kier alpha value is -3.93. The van der Waals surface area contributed by atoms with E-state index in [4.69, 9.17) is 19.9 Å². The Kier molecular flexibility index (Phi) is 8.42. The first kappa shape index (κ1) is 25.7. The fraction of sp³-hybridized carbons (Fsp3) is 0.348. The summed E-state index contributed by atoms with van der Waals surface area (Å²) in [4.78, 5) is 49.2. The van der Waals surface area contributed by atoms with Gasteiger partial charge in [0, 0.05) is 10.4 Å². The van der Waals surface area contributed by atoms with Crippen molar-refractivity contribution >= 4 is 45.7 Å². The maximum absolute atomic E-state index is 12.5. The van der Waals surface area contributed by atoms with Crippen LogP contribution in [0.25, 0.3) is 0 Å². The molecule has 0 aliphatic heterocycles. The third kappa shape index (κ3) is 6.15. The smallest absolute Gasteiger partial charge is 0.341 e. The number of methoxy groups -OCH3 is 1. The van der Waals surface area contributed by atoms with Gasteiger partial charge in [-0.25, -0.2) is 10.2 Å². The van der Waals surface area contributed by atoms with Gasteiger partial charge in [-0.05, 0) is 56.9 Å². The number of primary amides is 1. The Bertz CT molecular complexity index is 1190. The Morgan fingerprint density at radius 3 is 2.60 bits per heavy atom. The molecule has 3 amide bonds. The van der Waals surface area contributed by atoms with Crippen molar-refractivity contribution in [1.82, 2.24) is 5.43 Å². The van der Waals surface area contributed by atoms with Gasteiger partial charge in [-0.1, -0.05) is 0 Å². The lowest BCUT2D eigenvalue weighted by molar-refractivity contribution is -0.136. The van der Waals surface area contributed by atoms with Gasteiger partial charge in [0.25, 0.3) is 5.91 Å². The van der Waals surface area contributed by atoms with E-state index in [1.54, 1.807) is 32.0 Å². The number of carbonyl (C=O) groups is 4. The number of fused-ring (bicyclic) bond motifs is 1. The quantitative estimate of drug-likeness (QED) is 0.204. The average Bonchev–Trinajstić information content (AvgIpc) is 3.41. The van der Waals surface area contributed by atoms with E-state index in [9.17, 15) is 19.2 Å². The van der Waals surface area contributed by atoms with E-state index in [-0.39, 0.29) is 13.2 Å². The molecule has 0 bridgehead atoms. The first-order valence-electron chi connectivity index (χ1n) is 10.8. The van der Waals surface area contributed by atoms with E-state index >= 15 is 0 Å². The summed E-state index contributed by atoms with van der Waals surface area (Å²) in [7, 11) is 1.43. The fourth-order valence-electron chi connectivity index (χ4n) is 3.48. The number of thiophene rings is 1. The number of amides is 3. The van der Waals surface area contributed by atoms with Crippen molar-refractivity contribution < 1.29 is 33.4 Å². The van der Waals surface area contributed by atoms with Crippen LogP contribution in [0.3, 0.4) is 0 Å². The van der Waals surface area contributed by atoms with E-state index in [1.807, 2.05) is 0 Å². The summed E-state index contributed by atoms with van der Waals surface area (Å²) < 4.78 is 15.7. The van der Waals surface area contributed by atoms with Crippen molar-refractivity contribution in [3.05, 3.63) is 39.8 Å². The third-order valence-electron chi connectivity index (χ3n) is 5.11. The molecule has 12 heteroatoms. The van der Waals surface area contributed by atoms with E-state index in [0.29, 0.717) is 33.3 Å². The lowest BCUT2D eigenvalue weighted by Crippen LogP contribution is -2.33.